The lowest BCUT2D eigenvalue weighted by molar-refractivity contribution is -0.254. The van der Waals surface area contributed by atoms with E-state index in [1.54, 1.807) is 12.1 Å². The average molecular weight is 232 g/mol. The lowest BCUT2D eigenvalue weighted by atomic mass is 10.1. The van der Waals surface area contributed by atoms with Crippen molar-refractivity contribution in [2.24, 2.45) is 0 Å². The lowest BCUT2D eigenvalue weighted by Crippen LogP contribution is -2.23. The molecule has 6 heteroatoms. The molecule has 17 heavy (non-hydrogen) atoms. The summed E-state index contributed by atoms with van der Waals surface area (Å²) in [4.78, 5) is 18.9. The van der Waals surface area contributed by atoms with Gasteiger partial charge in [-0.05, 0) is 6.07 Å². The molecule has 1 heterocycles. The molecule has 0 aliphatic heterocycles. The number of aromatic carboxylic acids is 1. The van der Waals surface area contributed by atoms with Gasteiger partial charge in [0.1, 0.15) is 12.1 Å². The molecule has 2 rings (SSSR count). The molecule has 0 saturated carbocycles. The molecule has 1 aromatic carbocycles. The number of nitrogens with one attached hydrogen (secondary N) is 1. The van der Waals surface area contributed by atoms with Gasteiger partial charge in [0.15, 0.2) is 0 Å². The number of carboxylic acids is 1. The van der Waals surface area contributed by atoms with Gasteiger partial charge in [0, 0.05) is 12.1 Å². The summed E-state index contributed by atoms with van der Waals surface area (Å²) < 4.78 is 0. The zero-order valence-corrected chi connectivity index (χ0v) is 8.88. The van der Waals surface area contributed by atoms with Crippen molar-refractivity contribution in [3.8, 4) is 0 Å². The second-order valence-electron chi connectivity index (χ2n) is 3.36. The molecule has 0 bridgehead atoms. The largest absolute Gasteiger partial charge is 0.545 e. The Hall–Kier alpha value is -2.21. The fraction of sp³-hybridized carbons (Fsp3) is 0.182. The van der Waals surface area contributed by atoms with E-state index >= 15 is 0 Å². The molecule has 0 aliphatic carbocycles. The standard InChI is InChI=1S/C11H11N3O3/c15-5-4-12-10-9-7(11(16)17)2-1-3-8(9)13-6-14-10/h1-3,6,15H,4-5H2,(H,16,17)(H,12,13,14)/p-1. The van der Waals surface area contributed by atoms with Crippen molar-refractivity contribution in [1.82, 2.24) is 9.97 Å². The Balaban J connectivity index is 2.62. The number of hydrogen-bond acceptors (Lipinski definition) is 6. The van der Waals surface area contributed by atoms with Gasteiger partial charge < -0.3 is 20.3 Å². The molecule has 0 unspecified atom stereocenters. The van der Waals surface area contributed by atoms with Crippen molar-refractivity contribution in [3.05, 3.63) is 30.1 Å². The van der Waals surface area contributed by atoms with E-state index in [-0.39, 0.29) is 18.7 Å². The van der Waals surface area contributed by atoms with Crippen LogP contribution in [0.25, 0.3) is 10.9 Å². The van der Waals surface area contributed by atoms with E-state index in [0.29, 0.717) is 16.7 Å². The average Bonchev–Trinajstić information content (AvgIpc) is 2.35. The zero-order valence-electron chi connectivity index (χ0n) is 8.88. The number of carboxylic acid groups (broad SMARTS) is 1. The van der Waals surface area contributed by atoms with Crippen LogP contribution in [0.5, 0.6) is 0 Å². The van der Waals surface area contributed by atoms with E-state index in [1.807, 2.05) is 0 Å². The number of aliphatic hydroxyl groups is 1. The monoisotopic (exact) mass is 232 g/mol. The fourth-order valence-electron chi connectivity index (χ4n) is 1.59. The van der Waals surface area contributed by atoms with Crippen LogP contribution in [0.1, 0.15) is 10.4 Å². The van der Waals surface area contributed by atoms with Crippen LogP contribution in [-0.4, -0.2) is 34.2 Å². The second kappa shape index (κ2) is 4.75. The number of nitrogens with zero attached hydrogens (tertiary/aromatic N) is 2. The second-order valence-corrected chi connectivity index (χ2v) is 3.36. The van der Waals surface area contributed by atoms with Gasteiger partial charge in [0.25, 0.3) is 0 Å². The topological polar surface area (TPSA) is 98.2 Å². The molecule has 0 amide bonds. The zero-order chi connectivity index (χ0) is 12.3. The third-order valence-corrected chi connectivity index (χ3v) is 2.29. The van der Waals surface area contributed by atoms with Crippen LogP contribution in [0.3, 0.4) is 0 Å². The molecular formula is C11H10N3O3-. The van der Waals surface area contributed by atoms with Gasteiger partial charge in [-0.3, -0.25) is 0 Å². The smallest absolute Gasteiger partial charge is 0.138 e. The minimum atomic E-state index is -1.28. The molecule has 2 aromatic rings. The first-order valence-electron chi connectivity index (χ1n) is 5.04. The number of aromatic nitrogens is 2. The van der Waals surface area contributed by atoms with Crippen LogP contribution in [0.4, 0.5) is 5.82 Å². The molecule has 0 spiro atoms. The predicted molar refractivity (Wildman–Crippen MR) is 59.4 cm³/mol. The van der Waals surface area contributed by atoms with Gasteiger partial charge in [-0.1, -0.05) is 12.1 Å². The number of carbonyl (C=O) groups is 1. The maximum absolute atomic E-state index is 11.0. The summed E-state index contributed by atoms with van der Waals surface area (Å²) in [6.45, 7) is 0.215. The van der Waals surface area contributed by atoms with E-state index in [2.05, 4.69) is 15.3 Å². The molecule has 6 nitrogen and oxygen atoms in total. The van der Waals surface area contributed by atoms with Crippen LogP contribution in [0, 0.1) is 0 Å². The number of benzene rings is 1. The molecule has 0 atom stereocenters. The highest BCUT2D eigenvalue weighted by Crippen LogP contribution is 2.22. The maximum Gasteiger partial charge on any atom is 0.138 e. The van der Waals surface area contributed by atoms with Crippen molar-refractivity contribution in [2.75, 3.05) is 18.5 Å². The van der Waals surface area contributed by atoms with Crippen LogP contribution in [0.15, 0.2) is 24.5 Å². The Morgan fingerprint density at radius 1 is 1.41 bits per heavy atom. The van der Waals surface area contributed by atoms with Crippen molar-refractivity contribution in [1.29, 1.82) is 0 Å². The Kier molecular flexibility index (Phi) is 3.15. The summed E-state index contributed by atoms with van der Waals surface area (Å²) in [5, 5.41) is 23.0. The van der Waals surface area contributed by atoms with Crippen LogP contribution in [-0.2, 0) is 0 Å². The summed E-state index contributed by atoms with van der Waals surface area (Å²) in [6.07, 6.45) is 1.33. The van der Waals surface area contributed by atoms with Gasteiger partial charge in [-0.2, -0.15) is 0 Å². The minimum Gasteiger partial charge on any atom is -0.545 e. The predicted octanol–water partition coefficient (Wildman–Crippen LogP) is -0.603. The number of aliphatic hydroxyl groups excluding tert-OH is 1. The van der Waals surface area contributed by atoms with Crippen LogP contribution < -0.4 is 10.4 Å². The lowest BCUT2D eigenvalue weighted by Gasteiger charge is -2.11. The van der Waals surface area contributed by atoms with E-state index in [0.717, 1.165) is 0 Å². The van der Waals surface area contributed by atoms with Crippen molar-refractivity contribution < 1.29 is 15.0 Å². The normalized spacial score (nSPS) is 10.4. The SMILES string of the molecule is O=C([O-])c1cccc2ncnc(NCCO)c12. The quantitative estimate of drug-likeness (QED) is 0.730. The van der Waals surface area contributed by atoms with Crippen LogP contribution >= 0.6 is 0 Å². The van der Waals surface area contributed by atoms with Gasteiger partial charge in [-0.15, -0.1) is 0 Å². The van der Waals surface area contributed by atoms with Crippen molar-refractivity contribution in [3.63, 3.8) is 0 Å². The highest BCUT2D eigenvalue weighted by Gasteiger charge is 2.08. The highest BCUT2D eigenvalue weighted by atomic mass is 16.4. The molecule has 0 radical (unpaired) electrons. The van der Waals surface area contributed by atoms with E-state index in [4.69, 9.17) is 5.11 Å². The highest BCUT2D eigenvalue weighted by molar-refractivity contribution is 6.06. The van der Waals surface area contributed by atoms with Gasteiger partial charge in [0.05, 0.1) is 23.5 Å². The molecule has 88 valence electrons. The summed E-state index contributed by atoms with van der Waals surface area (Å²) in [7, 11) is 0. The first-order valence-corrected chi connectivity index (χ1v) is 5.04. The van der Waals surface area contributed by atoms with Crippen molar-refractivity contribution in [2.45, 2.75) is 0 Å². The summed E-state index contributed by atoms with van der Waals surface area (Å²) in [6, 6.07) is 4.72. The molecule has 0 fully saturated rings. The summed E-state index contributed by atoms with van der Waals surface area (Å²) >= 11 is 0. The molecule has 0 saturated heterocycles. The molecule has 1 aromatic heterocycles. The Bertz CT molecular complexity index is 551. The third kappa shape index (κ3) is 2.16. The Morgan fingerprint density at radius 2 is 2.24 bits per heavy atom. The van der Waals surface area contributed by atoms with E-state index in [1.165, 1.54) is 12.4 Å². The third-order valence-electron chi connectivity index (χ3n) is 2.29. The van der Waals surface area contributed by atoms with E-state index < -0.39 is 5.97 Å². The van der Waals surface area contributed by atoms with Crippen molar-refractivity contribution >= 4 is 22.7 Å². The first-order chi connectivity index (χ1) is 8.24. The maximum atomic E-state index is 11.0. The van der Waals surface area contributed by atoms with Gasteiger partial charge in [0.2, 0.25) is 0 Å². The van der Waals surface area contributed by atoms with Gasteiger partial charge in [-0.25, -0.2) is 9.97 Å². The fourth-order valence-corrected chi connectivity index (χ4v) is 1.59. The number of rotatable bonds is 4. The molecule has 2 N–H and O–H groups in total. The summed E-state index contributed by atoms with van der Waals surface area (Å²) in [5.41, 5.74) is 0.547. The number of carbonyl (C=O) groups excluding carboxylic acids is 1. The first kappa shape index (κ1) is 11.3. The molecule has 0 aliphatic rings. The minimum absolute atomic E-state index is 0.0311. The van der Waals surface area contributed by atoms with Gasteiger partial charge >= 0.3 is 0 Å². The van der Waals surface area contributed by atoms with Crippen LogP contribution in [0.2, 0.25) is 0 Å². The summed E-state index contributed by atoms with van der Waals surface area (Å²) in [5.74, 6) is -0.902. The number of hydrogen-bond donors (Lipinski definition) is 2. The molecular weight excluding hydrogens is 222 g/mol. The Labute approximate surface area is 96.9 Å². The Morgan fingerprint density at radius 3 is 2.94 bits per heavy atom. The number of fused-ring (bicyclic) bond motifs is 1. The number of anilines is 1. The van der Waals surface area contributed by atoms with E-state index in [9.17, 15) is 9.90 Å².